The molecular weight excluding hydrogens is 343 g/mol. The van der Waals surface area contributed by atoms with E-state index in [1.807, 2.05) is 16.8 Å². The van der Waals surface area contributed by atoms with Crippen molar-refractivity contribution >= 4 is 35.0 Å². The molecular formula is C16H12F3NO3S. The van der Waals surface area contributed by atoms with E-state index in [0.717, 1.165) is 29.8 Å². The second-order valence-corrected chi connectivity index (χ2v) is 5.40. The van der Waals surface area contributed by atoms with Gasteiger partial charge in [-0.05, 0) is 52.7 Å². The van der Waals surface area contributed by atoms with Gasteiger partial charge in [0.15, 0.2) is 6.61 Å². The number of nitrogens with one attached hydrogen (secondary N) is 1. The standard InChI is InChI=1S/C16H12F3NO3S/c17-16(18,19)12-2-4-13(5-3-12)20-14(21)9-23-15(22)6-1-11-7-8-24-10-11/h1-8,10H,9H2,(H,20,21)/b6-1+. The number of hydrogen-bond donors (Lipinski definition) is 1. The zero-order chi connectivity index (χ0) is 17.6. The summed E-state index contributed by atoms with van der Waals surface area (Å²) in [7, 11) is 0. The van der Waals surface area contributed by atoms with Crippen molar-refractivity contribution < 1.29 is 27.5 Å². The molecule has 1 heterocycles. The lowest BCUT2D eigenvalue weighted by Gasteiger charge is -2.08. The third-order valence-electron chi connectivity index (χ3n) is 2.80. The monoisotopic (exact) mass is 355 g/mol. The molecule has 126 valence electrons. The lowest BCUT2D eigenvalue weighted by Crippen LogP contribution is -2.20. The number of ether oxygens (including phenoxy) is 1. The highest BCUT2D eigenvalue weighted by Crippen LogP contribution is 2.29. The van der Waals surface area contributed by atoms with Gasteiger partial charge >= 0.3 is 12.1 Å². The molecule has 0 bridgehead atoms. The minimum absolute atomic E-state index is 0.179. The molecule has 0 saturated carbocycles. The van der Waals surface area contributed by atoms with Gasteiger partial charge in [0, 0.05) is 11.8 Å². The van der Waals surface area contributed by atoms with Crippen molar-refractivity contribution in [2.24, 2.45) is 0 Å². The lowest BCUT2D eigenvalue weighted by atomic mass is 10.2. The van der Waals surface area contributed by atoms with Crippen LogP contribution in [0.25, 0.3) is 6.08 Å². The van der Waals surface area contributed by atoms with E-state index in [9.17, 15) is 22.8 Å². The molecule has 0 radical (unpaired) electrons. The molecule has 0 saturated heterocycles. The maximum Gasteiger partial charge on any atom is 0.416 e. The van der Waals surface area contributed by atoms with E-state index in [2.05, 4.69) is 5.32 Å². The highest BCUT2D eigenvalue weighted by molar-refractivity contribution is 7.08. The number of carbonyl (C=O) groups is 2. The lowest BCUT2D eigenvalue weighted by molar-refractivity contribution is -0.142. The number of amides is 1. The van der Waals surface area contributed by atoms with Crippen LogP contribution in [0.1, 0.15) is 11.1 Å². The summed E-state index contributed by atoms with van der Waals surface area (Å²) in [4.78, 5) is 23.0. The SMILES string of the molecule is O=C(COC(=O)/C=C/c1ccsc1)Nc1ccc(C(F)(F)F)cc1. The Balaban J connectivity index is 1.79. The van der Waals surface area contributed by atoms with Crippen molar-refractivity contribution in [3.63, 3.8) is 0 Å². The van der Waals surface area contributed by atoms with Crippen molar-refractivity contribution in [1.82, 2.24) is 0 Å². The maximum absolute atomic E-state index is 12.4. The van der Waals surface area contributed by atoms with Gasteiger partial charge in [-0.15, -0.1) is 0 Å². The Kier molecular flexibility index (Phi) is 5.75. The Morgan fingerprint density at radius 3 is 2.46 bits per heavy atom. The fourth-order valence-corrected chi connectivity index (χ4v) is 2.29. The molecule has 0 aliphatic heterocycles. The highest BCUT2D eigenvalue weighted by Gasteiger charge is 2.29. The minimum Gasteiger partial charge on any atom is -0.452 e. The van der Waals surface area contributed by atoms with E-state index in [1.54, 1.807) is 6.08 Å². The van der Waals surface area contributed by atoms with Gasteiger partial charge in [-0.3, -0.25) is 4.79 Å². The molecule has 0 atom stereocenters. The number of alkyl halides is 3. The minimum atomic E-state index is -4.44. The molecule has 4 nitrogen and oxygen atoms in total. The number of halogens is 3. The van der Waals surface area contributed by atoms with Crippen LogP contribution in [0.2, 0.25) is 0 Å². The molecule has 24 heavy (non-hydrogen) atoms. The molecule has 8 heteroatoms. The molecule has 2 aromatic rings. The second kappa shape index (κ2) is 7.78. The van der Waals surface area contributed by atoms with Crippen LogP contribution in [0.4, 0.5) is 18.9 Å². The molecule has 0 fully saturated rings. The predicted molar refractivity (Wildman–Crippen MR) is 84.4 cm³/mol. The van der Waals surface area contributed by atoms with Gasteiger partial charge in [-0.2, -0.15) is 24.5 Å². The van der Waals surface area contributed by atoms with E-state index < -0.39 is 30.2 Å². The molecule has 0 spiro atoms. The molecule has 2 rings (SSSR count). The van der Waals surface area contributed by atoms with Gasteiger partial charge in [0.25, 0.3) is 5.91 Å². The van der Waals surface area contributed by atoms with Gasteiger partial charge in [0.2, 0.25) is 0 Å². The summed E-state index contributed by atoms with van der Waals surface area (Å²) in [5, 5.41) is 6.02. The van der Waals surface area contributed by atoms with E-state index in [-0.39, 0.29) is 5.69 Å². The quantitative estimate of drug-likeness (QED) is 0.652. The van der Waals surface area contributed by atoms with Crippen LogP contribution in [0.15, 0.2) is 47.2 Å². The number of carbonyl (C=O) groups excluding carboxylic acids is 2. The van der Waals surface area contributed by atoms with Crippen molar-refractivity contribution in [3.05, 3.63) is 58.3 Å². The number of hydrogen-bond acceptors (Lipinski definition) is 4. The molecule has 1 aromatic carbocycles. The van der Waals surface area contributed by atoms with Crippen molar-refractivity contribution in [3.8, 4) is 0 Å². The fraction of sp³-hybridized carbons (Fsp3) is 0.125. The Labute approximate surface area is 139 Å². The third-order valence-corrected chi connectivity index (χ3v) is 3.50. The number of rotatable bonds is 5. The Morgan fingerprint density at radius 1 is 1.17 bits per heavy atom. The van der Waals surface area contributed by atoms with Gasteiger partial charge in [-0.1, -0.05) is 0 Å². The fourth-order valence-electron chi connectivity index (χ4n) is 1.66. The van der Waals surface area contributed by atoms with Crippen LogP contribution in [-0.4, -0.2) is 18.5 Å². The Bertz CT molecular complexity index is 722. The normalized spacial score (nSPS) is 11.5. The van der Waals surface area contributed by atoms with Crippen LogP contribution in [-0.2, 0) is 20.5 Å². The largest absolute Gasteiger partial charge is 0.452 e. The van der Waals surface area contributed by atoms with Crippen LogP contribution in [0.5, 0.6) is 0 Å². The van der Waals surface area contributed by atoms with Crippen molar-refractivity contribution in [2.45, 2.75) is 6.18 Å². The molecule has 1 aromatic heterocycles. The zero-order valence-corrected chi connectivity index (χ0v) is 13.0. The number of benzene rings is 1. The number of esters is 1. The summed E-state index contributed by atoms with van der Waals surface area (Å²) in [6.07, 6.45) is -1.70. The predicted octanol–water partition coefficient (Wildman–Crippen LogP) is 3.96. The van der Waals surface area contributed by atoms with Gasteiger partial charge in [-0.25, -0.2) is 4.79 Å². The van der Waals surface area contributed by atoms with Crippen LogP contribution < -0.4 is 5.32 Å². The molecule has 1 N–H and O–H groups in total. The first kappa shape index (κ1) is 17.7. The third kappa shape index (κ3) is 5.54. The first-order valence-electron chi connectivity index (χ1n) is 6.69. The van der Waals surface area contributed by atoms with Gasteiger partial charge in [0.1, 0.15) is 0 Å². The summed E-state index contributed by atoms with van der Waals surface area (Å²) in [5.41, 5.74) is 0.203. The van der Waals surface area contributed by atoms with E-state index in [0.29, 0.717) is 0 Å². The molecule has 1 amide bonds. The van der Waals surface area contributed by atoms with Crippen LogP contribution in [0, 0.1) is 0 Å². The summed E-state index contributed by atoms with van der Waals surface area (Å²) >= 11 is 1.48. The van der Waals surface area contributed by atoms with Crippen molar-refractivity contribution in [2.75, 3.05) is 11.9 Å². The van der Waals surface area contributed by atoms with Crippen LogP contribution >= 0.6 is 11.3 Å². The first-order chi connectivity index (χ1) is 11.3. The zero-order valence-electron chi connectivity index (χ0n) is 12.2. The second-order valence-electron chi connectivity index (χ2n) is 4.62. The summed E-state index contributed by atoms with van der Waals surface area (Å²) in [6.45, 7) is -0.534. The Morgan fingerprint density at radius 2 is 1.88 bits per heavy atom. The topological polar surface area (TPSA) is 55.4 Å². The first-order valence-corrected chi connectivity index (χ1v) is 7.63. The van der Waals surface area contributed by atoms with E-state index >= 15 is 0 Å². The average molecular weight is 355 g/mol. The summed E-state index contributed by atoms with van der Waals surface area (Å²) < 4.78 is 42.0. The van der Waals surface area contributed by atoms with E-state index in [1.165, 1.54) is 17.4 Å². The highest BCUT2D eigenvalue weighted by atomic mass is 32.1. The average Bonchev–Trinajstić information content (AvgIpc) is 3.04. The van der Waals surface area contributed by atoms with Crippen LogP contribution in [0.3, 0.4) is 0 Å². The van der Waals surface area contributed by atoms with Gasteiger partial charge < -0.3 is 10.1 Å². The summed E-state index contributed by atoms with van der Waals surface area (Å²) in [5.74, 6) is -1.34. The maximum atomic E-state index is 12.4. The number of thiophene rings is 1. The molecule has 0 aliphatic rings. The Hall–Kier alpha value is -2.61. The van der Waals surface area contributed by atoms with Gasteiger partial charge in [0.05, 0.1) is 5.56 Å². The summed E-state index contributed by atoms with van der Waals surface area (Å²) in [6, 6.07) is 5.76. The molecule has 0 unspecified atom stereocenters. The van der Waals surface area contributed by atoms with E-state index in [4.69, 9.17) is 4.74 Å². The molecule has 0 aliphatic carbocycles. The number of anilines is 1. The van der Waals surface area contributed by atoms with Crippen molar-refractivity contribution in [1.29, 1.82) is 0 Å². The smallest absolute Gasteiger partial charge is 0.416 e.